The SMILES string of the molecule is CC1=CCN(C(=O)N2CCS(=O)(=O)CC2)CC1. The van der Waals surface area contributed by atoms with E-state index in [1.165, 1.54) is 5.57 Å². The molecule has 0 radical (unpaired) electrons. The molecule has 2 aliphatic heterocycles. The maximum atomic E-state index is 12.1. The van der Waals surface area contributed by atoms with Gasteiger partial charge >= 0.3 is 6.03 Å². The number of urea groups is 1. The molecule has 0 aliphatic carbocycles. The third-order valence-corrected chi connectivity index (χ3v) is 4.93. The minimum atomic E-state index is -2.91. The van der Waals surface area contributed by atoms with E-state index in [2.05, 4.69) is 13.0 Å². The van der Waals surface area contributed by atoms with E-state index in [0.717, 1.165) is 13.0 Å². The van der Waals surface area contributed by atoms with Crippen molar-refractivity contribution in [3.63, 3.8) is 0 Å². The van der Waals surface area contributed by atoms with Gasteiger partial charge in [-0.1, -0.05) is 11.6 Å². The van der Waals surface area contributed by atoms with Gasteiger partial charge in [0.15, 0.2) is 9.84 Å². The van der Waals surface area contributed by atoms with Crippen molar-refractivity contribution < 1.29 is 13.2 Å². The quantitative estimate of drug-likeness (QED) is 0.594. The van der Waals surface area contributed by atoms with Crippen LogP contribution in [-0.2, 0) is 9.84 Å². The predicted molar refractivity (Wildman–Crippen MR) is 65.6 cm³/mol. The molecule has 17 heavy (non-hydrogen) atoms. The van der Waals surface area contributed by atoms with E-state index in [4.69, 9.17) is 0 Å². The van der Waals surface area contributed by atoms with Gasteiger partial charge in [-0.25, -0.2) is 13.2 Å². The largest absolute Gasteiger partial charge is 0.323 e. The fraction of sp³-hybridized carbons (Fsp3) is 0.727. The zero-order chi connectivity index (χ0) is 12.5. The first-order chi connectivity index (χ1) is 7.98. The number of nitrogens with zero attached hydrogens (tertiary/aromatic N) is 2. The Balaban J connectivity index is 1.93. The van der Waals surface area contributed by atoms with Gasteiger partial charge in [0, 0.05) is 26.2 Å². The Bertz CT molecular complexity index is 428. The van der Waals surface area contributed by atoms with Crippen LogP contribution in [0.3, 0.4) is 0 Å². The van der Waals surface area contributed by atoms with Crippen molar-refractivity contribution in [2.75, 3.05) is 37.7 Å². The van der Waals surface area contributed by atoms with Crippen molar-refractivity contribution >= 4 is 15.9 Å². The summed E-state index contributed by atoms with van der Waals surface area (Å²) in [5, 5.41) is 0. The predicted octanol–water partition coefficient (Wildman–Crippen LogP) is 0.489. The molecule has 0 aromatic carbocycles. The third-order valence-electron chi connectivity index (χ3n) is 3.32. The summed E-state index contributed by atoms with van der Waals surface area (Å²) in [6, 6.07) is -0.0244. The zero-order valence-electron chi connectivity index (χ0n) is 10.1. The van der Waals surface area contributed by atoms with Crippen LogP contribution in [0.2, 0.25) is 0 Å². The van der Waals surface area contributed by atoms with Crippen LogP contribution in [0.15, 0.2) is 11.6 Å². The molecule has 0 aromatic heterocycles. The molecule has 2 heterocycles. The highest BCUT2D eigenvalue weighted by molar-refractivity contribution is 7.91. The Hall–Kier alpha value is -1.04. The second-order valence-electron chi connectivity index (χ2n) is 4.67. The van der Waals surface area contributed by atoms with Crippen LogP contribution in [0, 0.1) is 0 Å². The Morgan fingerprint density at radius 3 is 2.35 bits per heavy atom. The van der Waals surface area contributed by atoms with Crippen molar-refractivity contribution in [2.45, 2.75) is 13.3 Å². The summed E-state index contributed by atoms with van der Waals surface area (Å²) in [7, 11) is -2.91. The summed E-state index contributed by atoms with van der Waals surface area (Å²) >= 11 is 0. The number of rotatable bonds is 0. The topological polar surface area (TPSA) is 57.7 Å². The van der Waals surface area contributed by atoms with Gasteiger partial charge in [-0.05, 0) is 13.3 Å². The Labute approximate surface area is 102 Å². The highest BCUT2D eigenvalue weighted by Crippen LogP contribution is 2.13. The fourth-order valence-electron chi connectivity index (χ4n) is 2.05. The molecule has 0 saturated carbocycles. The van der Waals surface area contributed by atoms with Gasteiger partial charge in [-0.15, -0.1) is 0 Å². The maximum absolute atomic E-state index is 12.1. The molecule has 0 bridgehead atoms. The van der Waals surface area contributed by atoms with E-state index in [1.54, 1.807) is 9.80 Å². The molecule has 0 spiro atoms. The molecule has 1 fully saturated rings. The smallest absolute Gasteiger partial charge is 0.320 e. The average molecular weight is 258 g/mol. The molecular formula is C11H18N2O3S. The molecule has 5 nitrogen and oxygen atoms in total. The summed E-state index contributed by atoms with van der Waals surface area (Å²) in [6.07, 6.45) is 2.97. The van der Waals surface area contributed by atoms with Crippen LogP contribution in [0.1, 0.15) is 13.3 Å². The molecule has 96 valence electrons. The molecule has 2 aliphatic rings. The molecule has 0 N–H and O–H groups in total. The standard InChI is InChI=1S/C11H18N2O3S/c1-10-2-4-12(5-3-10)11(14)13-6-8-17(15,16)9-7-13/h2H,3-9H2,1H3. The van der Waals surface area contributed by atoms with Crippen LogP contribution in [0.4, 0.5) is 4.79 Å². The number of sulfone groups is 1. The summed E-state index contributed by atoms with van der Waals surface area (Å²) in [4.78, 5) is 15.5. The van der Waals surface area contributed by atoms with Gasteiger partial charge in [0.25, 0.3) is 0 Å². The lowest BCUT2D eigenvalue weighted by atomic mass is 10.1. The number of carbonyl (C=O) groups excluding carboxylic acids is 1. The van der Waals surface area contributed by atoms with Gasteiger partial charge < -0.3 is 9.80 Å². The molecular weight excluding hydrogens is 240 g/mol. The lowest BCUT2D eigenvalue weighted by molar-refractivity contribution is 0.160. The number of carbonyl (C=O) groups is 1. The monoisotopic (exact) mass is 258 g/mol. The molecule has 2 rings (SSSR count). The highest BCUT2D eigenvalue weighted by atomic mass is 32.2. The van der Waals surface area contributed by atoms with Gasteiger partial charge in [0.2, 0.25) is 0 Å². The Morgan fingerprint density at radius 2 is 1.82 bits per heavy atom. The second-order valence-corrected chi connectivity index (χ2v) is 6.97. The molecule has 0 unspecified atom stereocenters. The van der Waals surface area contributed by atoms with Crippen molar-refractivity contribution in [3.8, 4) is 0 Å². The van der Waals surface area contributed by atoms with Crippen LogP contribution in [0.25, 0.3) is 0 Å². The summed E-state index contributed by atoms with van der Waals surface area (Å²) in [6.45, 7) is 4.12. The zero-order valence-corrected chi connectivity index (χ0v) is 10.9. The van der Waals surface area contributed by atoms with Gasteiger partial charge in [-0.3, -0.25) is 0 Å². The lowest BCUT2D eigenvalue weighted by Gasteiger charge is -2.34. The van der Waals surface area contributed by atoms with Crippen LogP contribution in [0.5, 0.6) is 0 Å². The Morgan fingerprint density at radius 1 is 1.18 bits per heavy atom. The normalized spacial score (nSPS) is 24.4. The van der Waals surface area contributed by atoms with E-state index in [9.17, 15) is 13.2 Å². The third kappa shape index (κ3) is 3.00. The van der Waals surface area contributed by atoms with Crippen LogP contribution < -0.4 is 0 Å². The van der Waals surface area contributed by atoms with Crippen LogP contribution >= 0.6 is 0 Å². The maximum Gasteiger partial charge on any atom is 0.320 e. The van der Waals surface area contributed by atoms with E-state index < -0.39 is 9.84 Å². The van der Waals surface area contributed by atoms with Gasteiger partial charge in [0.05, 0.1) is 11.5 Å². The van der Waals surface area contributed by atoms with Gasteiger partial charge in [-0.2, -0.15) is 0 Å². The lowest BCUT2D eigenvalue weighted by Crippen LogP contribution is -2.50. The van der Waals surface area contributed by atoms with Crippen LogP contribution in [-0.4, -0.2) is 61.9 Å². The molecule has 0 aromatic rings. The summed E-state index contributed by atoms with van der Waals surface area (Å²) in [5.41, 5.74) is 1.32. The summed E-state index contributed by atoms with van der Waals surface area (Å²) < 4.78 is 22.6. The average Bonchev–Trinajstić information content (AvgIpc) is 2.29. The van der Waals surface area contributed by atoms with E-state index >= 15 is 0 Å². The Kier molecular flexibility index (Phi) is 3.42. The number of hydrogen-bond donors (Lipinski definition) is 0. The number of hydrogen-bond acceptors (Lipinski definition) is 3. The first kappa shape index (κ1) is 12.4. The minimum Gasteiger partial charge on any atom is -0.323 e. The first-order valence-corrected chi connectivity index (χ1v) is 7.70. The first-order valence-electron chi connectivity index (χ1n) is 5.88. The summed E-state index contributed by atoms with van der Waals surface area (Å²) in [5.74, 6) is 0.197. The van der Waals surface area contributed by atoms with E-state index in [-0.39, 0.29) is 17.5 Å². The van der Waals surface area contributed by atoms with Crippen molar-refractivity contribution in [1.82, 2.24) is 9.80 Å². The second kappa shape index (κ2) is 4.68. The van der Waals surface area contributed by atoms with Crippen molar-refractivity contribution in [3.05, 3.63) is 11.6 Å². The fourth-order valence-corrected chi connectivity index (χ4v) is 3.25. The van der Waals surface area contributed by atoms with E-state index in [0.29, 0.717) is 19.6 Å². The highest BCUT2D eigenvalue weighted by Gasteiger charge is 2.28. The van der Waals surface area contributed by atoms with Crippen molar-refractivity contribution in [1.29, 1.82) is 0 Å². The van der Waals surface area contributed by atoms with Gasteiger partial charge in [0.1, 0.15) is 0 Å². The molecule has 6 heteroatoms. The molecule has 1 saturated heterocycles. The molecule has 2 amide bonds. The van der Waals surface area contributed by atoms with Crippen molar-refractivity contribution in [2.24, 2.45) is 0 Å². The number of amides is 2. The minimum absolute atomic E-state index is 0.0244. The molecule has 0 atom stereocenters. The van der Waals surface area contributed by atoms with E-state index in [1.807, 2.05) is 0 Å².